The van der Waals surface area contributed by atoms with Crippen molar-refractivity contribution < 1.29 is 14.5 Å². The van der Waals surface area contributed by atoms with Crippen molar-refractivity contribution in [3.05, 3.63) is 95.8 Å². The van der Waals surface area contributed by atoms with E-state index in [2.05, 4.69) is 12.0 Å². The van der Waals surface area contributed by atoms with Crippen LogP contribution in [0.25, 0.3) is 0 Å². The number of ether oxygens (including phenoxy) is 1. The topological polar surface area (TPSA) is 48.5 Å². The molecular weight excluding hydrogens is 312 g/mol. The van der Waals surface area contributed by atoms with E-state index in [1.54, 1.807) is 30.1 Å². The summed E-state index contributed by atoms with van der Waals surface area (Å²) in [6, 6.07) is 22.8. The van der Waals surface area contributed by atoms with Crippen LogP contribution >= 0.6 is 0 Å². The molecule has 1 heterocycles. The summed E-state index contributed by atoms with van der Waals surface area (Å²) in [6.07, 6.45) is 1.80. The van der Waals surface area contributed by atoms with Crippen LogP contribution in [0.5, 0.6) is 5.75 Å². The molecule has 126 valence electrons. The van der Waals surface area contributed by atoms with Crippen molar-refractivity contribution in [3.8, 4) is 5.75 Å². The number of pyridine rings is 1. The molecule has 4 nitrogen and oxygen atoms in total. The van der Waals surface area contributed by atoms with Crippen LogP contribution in [0.2, 0.25) is 0 Å². The minimum absolute atomic E-state index is 0.0828. The van der Waals surface area contributed by atoms with Crippen molar-refractivity contribution in [3.63, 3.8) is 0 Å². The Bertz CT molecular complexity index is 859. The van der Waals surface area contributed by atoms with E-state index < -0.39 is 0 Å². The first-order valence-corrected chi connectivity index (χ1v) is 8.15. The average Bonchev–Trinajstić information content (AvgIpc) is 2.68. The van der Waals surface area contributed by atoms with Gasteiger partial charge in [0.05, 0.1) is 18.9 Å². The van der Waals surface area contributed by atoms with E-state index in [0.717, 1.165) is 17.0 Å². The minimum Gasteiger partial charge on any atom is -0.854 e. The van der Waals surface area contributed by atoms with E-state index in [4.69, 9.17) is 4.74 Å². The lowest BCUT2D eigenvalue weighted by Gasteiger charge is -2.11. The van der Waals surface area contributed by atoms with E-state index in [0.29, 0.717) is 5.56 Å². The molecule has 0 fully saturated rings. The van der Waals surface area contributed by atoms with E-state index in [1.807, 2.05) is 60.7 Å². The zero-order chi connectivity index (χ0) is 17.6. The molecule has 2 aromatic carbocycles. The highest BCUT2D eigenvalue weighted by Crippen LogP contribution is 2.23. The SMILES string of the molecule is COc1ccc(C(C)c2cccc[n+]2/N=C(\[O-])c2ccccc2)cc1. The van der Waals surface area contributed by atoms with Gasteiger partial charge in [-0.2, -0.15) is 0 Å². The number of benzene rings is 2. The summed E-state index contributed by atoms with van der Waals surface area (Å²) in [5.74, 6) is 0.639. The Balaban J connectivity index is 1.95. The summed E-state index contributed by atoms with van der Waals surface area (Å²) < 4.78 is 6.87. The highest BCUT2D eigenvalue weighted by atomic mass is 16.5. The second-order valence-electron chi connectivity index (χ2n) is 5.74. The van der Waals surface area contributed by atoms with Crippen LogP contribution in [-0.4, -0.2) is 13.0 Å². The monoisotopic (exact) mass is 332 g/mol. The third-order valence-corrected chi connectivity index (χ3v) is 4.15. The van der Waals surface area contributed by atoms with Crippen LogP contribution in [0, 0.1) is 0 Å². The molecule has 1 aromatic heterocycles. The predicted molar refractivity (Wildman–Crippen MR) is 95.5 cm³/mol. The molecule has 25 heavy (non-hydrogen) atoms. The standard InChI is InChI=1S/C21H20N2O2/c1-16(17-11-13-19(25-2)14-12-17)20-10-6-7-15-23(20)22-21(24)18-8-4-3-5-9-18/h3-16H,1-2H3. The minimum atomic E-state index is -0.264. The lowest BCUT2D eigenvalue weighted by Crippen LogP contribution is -2.38. The molecule has 0 spiro atoms. The summed E-state index contributed by atoms with van der Waals surface area (Å²) in [6.45, 7) is 2.09. The normalized spacial score (nSPS) is 12.6. The molecule has 0 aliphatic rings. The van der Waals surface area contributed by atoms with Crippen LogP contribution in [0.3, 0.4) is 0 Å². The summed E-state index contributed by atoms with van der Waals surface area (Å²) in [5.41, 5.74) is 2.64. The zero-order valence-electron chi connectivity index (χ0n) is 14.3. The van der Waals surface area contributed by atoms with Gasteiger partial charge in [0.25, 0.3) is 0 Å². The first kappa shape index (κ1) is 16.7. The smallest absolute Gasteiger partial charge is 0.221 e. The zero-order valence-corrected chi connectivity index (χ0v) is 14.3. The quantitative estimate of drug-likeness (QED) is 0.410. The van der Waals surface area contributed by atoms with Crippen molar-refractivity contribution in [1.82, 2.24) is 0 Å². The molecule has 1 atom stereocenters. The largest absolute Gasteiger partial charge is 0.854 e. The maximum Gasteiger partial charge on any atom is 0.221 e. The van der Waals surface area contributed by atoms with Crippen molar-refractivity contribution in [2.45, 2.75) is 12.8 Å². The molecule has 0 saturated heterocycles. The molecule has 0 saturated carbocycles. The van der Waals surface area contributed by atoms with Crippen molar-refractivity contribution in [1.29, 1.82) is 0 Å². The number of hydrogen-bond acceptors (Lipinski definition) is 3. The maximum absolute atomic E-state index is 12.4. The van der Waals surface area contributed by atoms with Gasteiger partial charge in [-0.05, 0) is 41.4 Å². The Morgan fingerprint density at radius 2 is 1.64 bits per heavy atom. The van der Waals surface area contributed by atoms with Crippen LogP contribution in [0.15, 0.2) is 84.1 Å². The average molecular weight is 332 g/mol. The number of methoxy groups -OCH3 is 1. The molecule has 0 N–H and O–H groups in total. The van der Waals surface area contributed by atoms with Crippen LogP contribution < -0.4 is 14.5 Å². The number of nitrogens with zero attached hydrogens (tertiary/aromatic N) is 2. The number of hydrogen-bond donors (Lipinski definition) is 0. The molecule has 3 aromatic rings. The van der Waals surface area contributed by atoms with E-state index in [-0.39, 0.29) is 11.8 Å². The lowest BCUT2D eigenvalue weighted by atomic mass is 9.97. The summed E-state index contributed by atoms with van der Waals surface area (Å²) in [4.78, 5) is 0. The molecule has 3 rings (SSSR count). The molecule has 1 unspecified atom stereocenters. The molecular formula is C21H20N2O2. The van der Waals surface area contributed by atoms with Crippen molar-refractivity contribution >= 4 is 5.90 Å². The number of rotatable bonds is 5. The predicted octanol–water partition coefficient (Wildman–Crippen LogP) is 2.70. The van der Waals surface area contributed by atoms with Gasteiger partial charge in [0, 0.05) is 12.1 Å². The Hall–Kier alpha value is -3.14. The van der Waals surface area contributed by atoms with Gasteiger partial charge in [0.1, 0.15) is 5.75 Å². The lowest BCUT2D eigenvalue weighted by molar-refractivity contribution is -0.689. The van der Waals surface area contributed by atoms with Crippen molar-refractivity contribution in [2.24, 2.45) is 5.10 Å². The van der Waals surface area contributed by atoms with Gasteiger partial charge in [-0.25, -0.2) is 0 Å². The van der Waals surface area contributed by atoms with Gasteiger partial charge in [0.15, 0.2) is 0 Å². The Kier molecular flexibility index (Phi) is 5.09. The molecule has 0 aliphatic carbocycles. The van der Waals surface area contributed by atoms with Crippen LogP contribution in [0.4, 0.5) is 0 Å². The third-order valence-electron chi connectivity index (χ3n) is 4.15. The molecule has 0 aliphatic heterocycles. The highest BCUT2D eigenvalue weighted by Gasteiger charge is 2.19. The van der Waals surface area contributed by atoms with Crippen molar-refractivity contribution in [2.75, 3.05) is 7.11 Å². The Morgan fingerprint density at radius 3 is 2.32 bits per heavy atom. The first-order chi connectivity index (χ1) is 12.2. The molecule has 0 bridgehead atoms. The van der Waals surface area contributed by atoms with Crippen LogP contribution in [-0.2, 0) is 0 Å². The van der Waals surface area contributed by atoms with Gasteiger partial charge in [-0.15, -0.1) is 0 Å². The Morgan fingerprint density at radius 1 is 0.960 bits per heavy atom. The van der Waals surface area contributed by atoms with Gasteiger partial charge >= 0.3 is 0 Å². The van der Waals surface area contributed by atoms with Gasteiger partial charge in [-0.3, -0.25) is 0 Å². The van der Waals surface area contributed by atoms with Gasteiger partial charge < -0.3 is 9.84 Å². The highest BCUT2D eigenvalue weighted by molar-refractivity contribution is 5.89. The van der Waals surface area contributed by atoms with Gasteiger partial charge in [0.2, 0.25) is 11.9 Å². The van der Waals surface area contributed by atoms with Gasteiger partial charge in [-0.1, -0.05) is 47.1 Å². The summed E-state index contributed by atoms with van der Waals surface area (Å²) in [5, 5.41) is 16.7. The second-order valence-corrected chi connectivity index (χ2v) is 5.74. The second kappa shape index (κ2) is 7.62. The fourth-order valence-corrected chi connectivity index (χ4v) is 2.68. The first-order valence-electron chi connectivity index (χ1n) is 8.15. The number of aromatic nitrogens is 1. The van der Waals surface area contributed by atoms with Crippen LogP contribution in [0.1, 0.15) is 29.7 Å². The summed E-state index contributed by atoms with van der Waals surface area (Å²) >= 11 is 0. The maximum atomic E-state index is 12.4. The fourth-order valence-electron chi connectivity index (χ4n) is 2.68. The van der Waals surface area contributed by atoms with E-state index >= 15 is 0 Å². The molecule has 4 heteroatoms. The molecule has 0 radical (unpaired) electrons. The molecule has 0 amide bonds. The fraction of sp³-hybridized carbons (Fsp3) is 0.143. The Labute approximate surface area is 147 Å². The summed E-state index contributed by atoms with van der Waals surface area (Å²) in [7, 11) is 1.65. The third kappa shape index (κ3) is 3.86. The van der Waals surface area contributed by atoms with E-state index in [1.165, 1.54) is 0 Å². The van der Waals surface area contributed by atoms with E-state index in [9.17, 15) is 5.11 Å².